The molecule has 0 spiro atoms. The molecule has 0 radical (unpaired) electrons. The summed E-state index contributed by atoms with van der Waals surface area (Å²) in [4.78, 5) is 7.20. The van der Waals surface area contributed by atoms with Gasteiger partial charge in [0.15, 0.2) is 0 Å². The van der Waals surface area contributed by atoms with Crippen molar-refractivity contribution in [3.63, 3.8) is 0 Å². The van der Waals surface area contributed by atoms with E-state index in [0.717, 1.165) is 6.07 Å². The molecule has 2 aliphatic rings. The lowest BCUT2D eigenvalue weighted by molar-refractivity contribution is -0.147. The van der Waals surface area contributed by atoms with E-state index in [0.29, 0.717) is 26.1 Å². The van der Waals surface area contributed by atoms with Crippen molar-refractivity contribution in [1.29, 1.82) is 0 Å². The van der Waals surface area contributed by atoms with Gasteiger partial charge >= 0.3 is 6.18 Å². The highest BCUT2D eigenvalue weighted by molar-refractivity contribution is 5.49. The zero-order chi connectivity index (χ0) is 19.8. The lowest BCUT2D eigenvalue weighted by Crippen LogP contribution is -2.63. The summed E-state index contributed by atoms with van der Waals surface area (Å²) in [5.41, 5.74) is -0.772. The van der Waals surface area contributed by atoms with E-state index in [4.69, 9.17) is 0 Å². The quantitative estimate of drug-likeness (QED) is 0.559. The second kappa shape index (κ2) is 7.88. The fourth-order valence-corrected chi connectivity index (χ4v) is 3.96. The fraction of sp³-hybridized carbons (Fsp3) is 0.706. The SMILES string of the molecule is OC[C@H]1[C@@H](O)[C@H](O)[C@@H](O)CN1C[C@H]1CCN(c2ncccc2C(F)(F)F)C1. The maximum absolute atomic E-state index is 13.2. The van der Waals surface area contributed by atoms with Crippen molar-refractivity contribution >= 4 is 5.82 Å². The summed E-state index contributed by atoms with van der Waals surface area (Å²) < 4.78 is 39.6. The van der Waals surface area contributed by atoms with Crippen LogP contribution in [0.3, 0.4) is 0 Å². The van der Waals surface area contributed by atoms with Crippen LogP contribution in [-0.2, 0) is 6.18 Å². The Kier molecular flexibility index (Phi) is 5.92. The van der Waals surface area contributed by atoms with Crippen LogP contribution in [0.1, 0.15) is 12.0 Å². The Morgan fingerprint density at radius 2 is 1.89 bits per heavy atom. The van der Waals surface area contributed by atoms with Crippen molar-refractivity contribution in [2.24, 2.45) is 5.92 Å². The summed E-state index contributed by atoms with van der Waals surface area (Å²) in [7, 11) is 0. The molecule has 0 saturated carbocycles. The number of pyridine rings is 1. The van der Waals surface area contributed by atoms with Crippen LogP contribution in [0, 0.1) is 5.92 Å². The van der Waals surface area contributed by atoms with Crippen molar-refractivity contribution in [3.8, 4) is 0 Å². The van der Waals surface area contributed by atoms with Gasteiger partial charge in [-0.1, -0.05) is 0 Å². The highest BCUT2D eigenvalue weighted by atomic mass is 19.4. The third kappa shape index (κ3) is 4.19. The average Bonchev–Trinajstić information content (AvgIpc) is 3.08. The molecule has 0 aliphatic carbocycles. The van der Waals surface area contributed by atoms with Gasteiger partial charge in [-0.3, -0.25) is 4.90 Å². The number of rotatable bonds is 4. The van der Waals surface area contributed by atoms with Crippen LogP contribution in [-0.4, -0.2) is 87.4 Å². The second-order valence-corrected chi connectivity index (χ2v) is 7.23. The molecular formula is C17H24F3N3O4. The number of likely N-dealkylation sites (tertiary alicyclic amines) is 1. The van der Waals surface area contributed by atoms with Gasteiger partial charge in [-0.25, -0.2) is 4.98 Å². The molecule has 2 fully saturated rings. The van der Waals surface area contributed by atoms with E-state index in [1.807, 2.05) is 0 Å². The Balaban J connectivity index is 1.69. The van der Waals surface area contributed by atoms with E-state index in [1.165, 1.54) is 12.3 Å². The molecule has 7 nitrogen and oxygen atoms in total. The number of hydrogen-bond donors (Lipinski definition) is 4. The Labute approximate surface area is 154 Å². The molecule has 0 unspecified atom stereocenters. The molecule has 0 aromatic carbocycles. The number of anilines is 1. The molecule has 1 aromatic heterocycles. The zero-order valence-electron chi connectivity index (χ0n) is 14.6. The summed E-state index contributed by atoms with van der Waals surface area (Å²) in [5, 5.41) is 39.2. The minimum absolute atomic E-state index is 0.0169. The Bertz CT molecular complexity index is 648. The fourth-order valence-electron chi connectivity index (χ4n) is 3.96. The van der Waals surface area contributed by atoms with E-state index in [-0.39, 0.29) is 24.9 Å². The van der Waals surface area contributed by atoms with Crippen molar-refractivity contribution in [1.82, 2.24) is 9.88 Å². The minimum Gasteiger partial charge on any atom is -0.395 e. The van der Waals surface area contributed by atoms with Gasteiger partial charge in [0.25, 0.3) is 0 Å². The van der Waals surface area contributed by atoms with Crippen LogP contribution in [0.4, 0.5) is 19.0 Å². The van der Waals surface area contributed by atoms with Crippen LogP contribution in [0.15, 0.2) is 18.3 Å². The standard InChI is InChI=1S/C17H24F3N3O4/c18-17(19,20)11-2-1-4-21-16(11)22-5-3-10(6-22)7-23-8-13(25)15(27)14(26)12(23)9-24/h1-2,4,10,12-15,24-27H,3,5-9H2/t10-,12-,13-,14+,15+/m0/s1. The maximum atomic E-state index is 13.2. The molecule has 27 heavy (non-hydrogen) atoms. The summed E-state index contributed by atoms with van der Waals surface area (Å²) in [5.74, 6) is -0.114. The molecule has 5 atom stereocenters. The Morgan fingerprint density at radius 1 is 1.15 bits per heavy atom. The molecular weight excluding hydrogens is 367 g/mol. The molecule has 152 valence electrons. The molecule has 2 aliphatic heterocycles. The number of aliphatic hydroxyl groups is 4. The predicted molar refractivity (Wildman–Crippen MR) is 90.0 cm³/mol. The minimum atomic E-state index is -4.49. The first kappa shape index (κ1) is 20.3. The largest absolute Gasteiger partial charge is 0.419 e. The first-order chi connectivity index (χ1) is 12.7. The summed E-state index contributed by atoms with van der Waals surface area (Å²) in [6.07, 6.45) is -6.30. The van der Waals surface area contributed by atoms with Crippen LogP contribution in [0.25, 0.3) is 0 Å². The topological polar surface area (TPSA) is 100 Å². The van der Waals surface area contributed by atoms with Crippen molar-refractivity contribution in [3.05, 3.63) is 23.9 Å². The van der Waals surface area contributed by atoms with E-state index < -0.39 is 36.1 Å². The van der Waals surface area contributed by atoms with Crippen LogP contribution >= 0.6 is 0 Å². The molecule has 0 bridgehead atoms. The van der Waals surface area contributed by atoms with Gasteiger partial charge in [0.1, 0.15) is 18.0 Å². The number of β-amino-alcohol motifs (C(OH)–C–C–N with tert-alkyl or cyclic N) is 1. The van der Waals surface area contributed by atoms with Gasteiger partial charge in [-0.2, -0.15) is 13.2 Å². The highest BCUT2D eigenvalue weighted by Gasteiger charge is 2.43. The second-order valence-electron chi connectivity index (χ2n) is 7.23. The molecule has 4 N–H and O–H groups in total. The van der Waals surface area contributed by atoms with Crippen molar-refractivity contribution in [2.45, 2.75) is 37.0 Å². The summed E-state index contributed by atoms with van der Waals surface area (Å²) >= 11 is 0. The molecule has 10 heteroatoms. The molecule has 3 rings (SSSR count). The predicted octanol–water partition coefficient (Wildman–Crippen LogP) is -0.314. The van der Waals surface area contributed by atoms with Gasteiger partial charge in [0.05, 0.1) is 24.3 Å². The first-order valence-electron chi connectivity index (χ1n) is 8.88. The number of aromatic nitrogens is 1. The summed E-state index contributed by atoms with van der Waals surface area (Å²) in [6.45, 7) is 0.841. The molecule has 0 amide bonds. The first-order valence-corrected chi connectivity index (χ1v) is 8.88. The van der Waals surface area contributed by atoms with Crippen molar-refractivity contribution < 1.29 is 33.6 Å². The lowest BCUT2D eigenvalue weighted by Gasteiger charge is -2.44. The van der Waals surface area contributed by atoms with E-state index >= 15 is 0 Å². The maximum Gasteiger partial charge on any atom is 0.419 e. The van der Waals surface area contributed by atoms with E-state index in [1.54, 1.807) is 9.80 Å². The van der Waals surface area contributed by atoms with Gasteiger partial charge < -0.3 is 25.3 Å². The van der Waals surface area contributed by atoms with Crippen LogP contribution in [0.2, 0.25) is 0 Å². The molecule has 2 saturated heterocycles. The number of nitrogens with zero attached hydrogens (tertiary/aromatic N) is 3. The molecule has 1 aromatic rings. The van der Waals surface area contributed by atoms with Gasteiger partial charge in [-0.15, -0.1) is 0 Å². The number of alkyl halides is 3. The van der Waals surface area contributed by atoms with E-state index in [2.05, 4.69) is 4.98 Å². The molecule has 3 heterocycles. The van der Waals surface area contributed by atoms with Crippen LogP contribution < -0.4 is 4.90 Å². The van der Waals surface area contributed by atoms with Gasteiger partial charge in [0.2, 0.25) is 0 Å². The Morgan fingerprint density at radius 3 is 2.56 bits per heavy atom. The zero-order valence-corrected chi connectivity index (χ0v) is 14.6. The van der Waals surface area contributed by atoms with Crippen LogP contribution in [0.5, 0.6) is 0 Å². The van der Waals surface area contributed by atoms with Gasteiger partial charge in [0, 0.05) is 32.4 Å². The monoisotopic (exact) mass is 391 g/mol. The number of hydrogen-bond acceptors (Lipinski definition) is 7. The van der Waals surface area contributed by atoms with Crippen molar-refractivity contribution in [2.75, 3.05) is 37.7 Å². The third-order valence-corrected chi connectivity index (χ3v) is 5.39. The number of halogens is 3. The van der Waals surface area contributed by atoms with Gasteiger partial charge in [-0.05, 0) is 24.5 Å². The number of aliphatic hydroxyl groups excluding tert-OH is 4. The third-order valence-electron chi connectivity index (χ3n) is 5.39. The van der Waals surface area contributed by atoms with E-state index in [9.17, 15) is 33.6 Å². The summed E-state index contributed by atoms with van der Waals surface area (Å²) in [6, 6.07) is 1.54. The smallest absolute Gasteiger partial charge is 0.395 e. The normalized spacial score (nSPS) is 32.9. The average molecular weight is 391 g/mol. The Hall–Kier alpha value is -1.46. The lowest BCUT2D eigenvalue weighted by atomic mass is 9.93. The highest BCUT2D eigenvalue weighted by Crippen LogP contribution is 2.37. The number of piperidine rings is 1.